The minimum absolute atomic E-state index is 0.0696. The van der Waals surface area contributed by atoms with Crippen LogP contribution in [0.4, 0.5) is 0 Å². The van der Waals surface area contributed by atoms with Gasteiger partial charge >= 0.3 is 13.1 Å². The zero-order valence-electron chi connectivity index (χ0n) is 26.6. The number of halogens is 1. The van der Waals surface area contributed by atoms with Crippen molar-refractivity contribution in [1.29, 1.82) is 0 Å². The Morgan fingerprint density at radius 1 is 0.932 bits per heavy atom. The highest BCUT2D eigenvalue weighted by atomic mass is 127. The number of amides is 2. The SMILES string of the molecule is COC(=O)[C@H](Cc1ccc(OC)c(B2OC(C)(C)C(C)(C)O2)c1)NC(=O)[C@H](N)NC(=O)[C@H](c1ccc(OC)c(I)c1)N(C)C. The van der Waals surface area contributed by atoms with Crippen LogP contribution in [0.2, 0.25) is 0 Å². The molecular weight excluding hydrogens is 682 g/mol. The lowest BCUT2D eigenvalue weighted by Crippen LogP contribution is -2.57. The summed E-state index contributed by atoms with van der Waals surface area (Å²) in [6.07, 6.45) is -1.37. The molecule has 1 aliphatic heterocycles. The van der Waals surface area contributed by atoms with Crippen LogP contribution in [0, 0.1) is 3.57 Å². The Morgan fingerprint density at radius 3 is 2.05 bits per heavy atom. The minimum Gasteiger partial charge on any atom is -0.497 e. The van der Waals surface area contributed by atoms with Crippen LogP contribution in [0.15, 0.2) is 36.4 Å². The molecule has 1 fully saturated rings. The molecule has 14 heteroatoms. The maximum atomic E-state index is 13.3. The number of hydrogen-bond acceptors (Lipinski definition) is 10. The molecule has 0 aromatic heterocycles. The maximum Gasteiger partial charge on any atom is 0.498 e. The third-order valence-electron chi connectivity index (χ3n) is 7.88. The van der Waals surface area contributed by atoms with E-state index in [0.29, 0.717) is 28.1 Å². The Labute approximate surface area is 272 Å². The average Bonchev–Trinajstić information content (AvgIpc) is 3.18. The van der Waals surface area contributed by atoms with Crippen molar-refractivity contribution in [3.8, 4) is 11.5 Å². The van der Waals surface area contributed by atoms with Gasteiger partial charge in [0.25, 0.3) is 5.91 Å². The number of benzene rings is 2. The Hall–Kier alpha value is -2.92. The number of nitrogens with zero attached hydrogens (tertiary/aromatic N) is 1. The van der Waals surface area contributed by atoms with E-state index in [2.05, 4.69) is 33.2 Å². The highest BCUT2D eigenvalue weighted by Gasteiger charge is 2.52. The molecule has 0 aliphatic carbocycles. The second-order valence-corrected chi connectivity index (χ2v) is 12.9. The lowest BCUT2D eigenvalue weighted by molar-refractivity contribution is -0.145. The first-order valence-corrected chi connectivity index (χ1v) is 15.1. The first-order valence-electron chi connectivity index (χ1n) is 14.0. The Bertz CT molecular complexity index is 1360. The van der Waals surface area contributed by atoms with Crippen molar-refractivity contribution in [2.24, 2.45) is 5.73 Å². The van der Waals surface area contributed by atoms with Gasteiger partial charge in [0.05, 0.1) is 36.1 Å². The third-order valence-corrected chi connectivity index (χ3v) is 8.72. The van der Waals surface area contributed by atoms with Crippen LogP contribution in [0.1, 0.15) is 44.9 Å². The van der Waals surface area contributed by atoms with Crippen molar-refractivity contribution in [2.75, 3.05) is 35.4 Å². The molecule has 0 spiro atoms. The minimum atomic E-state index is -1.44. The molecule has 2 amide bonds. The number of nitrogens with two attached hydrogens (primary N) is 1. The van der Waals surface area contributed by atoms with Crippen molar-refractivity contribution in [2.45, 2.75) is 63.6 Å². The van der Waals surface area contributed by atoms with Crippen molar-refractivity contribution >= 4 is 53.0 Å². The fraction of sp³-hybridized carbons (Fsp3) is 0.500. The fourth-order valence-electron chi connectivity index (χ4n) is 4.73. The molecule has 1 aliphatic rings. The number of likely N-dealkylation sites (N-methyl/N-ethyl adjacent to an activating group) is 1. The Morgan fingerprint density at radius 2 is 1.52 bits per heavy atom. The quantitative estimate of drug-likeness (QED) is 0.127. The van der Waals surface area contributed by atoms with Crippen LogP contribution in [0.25, 0.3) is 0 Å². The summed E-state index contributed by atoms with van der Waals surface area (Å²) in [5, 5.41) is 5.18. The number of rotatable bonds is 12. The van der Waals surface area contributed by atoms with Gasteiger partial charge in [-0.25, -0.2) is 4.79 Å². The van der Waals surface area contributed by atoms with Gasteiger partial charge in [0, 0.05) is 11.9 Å². The third kappa shape index (κ3) is 8.02. The molecule has 0 bridgehead atoms. The summed E-state index contributed by atoms with van der Waals surface area (Å²) < 4.78 is 29.1. The first-order chi connectivity index (χ1) is 20.5. The highest BCUT2D eigenvalue weighted by molar-refractivity contribution is 14.1. The molecule has 12 nitrogen and oxygen atoms in total. The molecule has 3 rings (SSSR count). The molecule has 0 unspecified atom stereocenters. The summed E-state index contributed by atoms with van der Waals surface area (Å²) in [7, 11) is 7.13. The van der Waals surface area contributed by atoms with Crippen molar-refractivity contribution in [3.63, 3.8) is 0 Å². The second kappa shape index (κ2) is 14.5. The van der Waals surface area contributed by atoms with Gasteiger partial charge in [0.15, 0.2) is 6.17 Å². The van der Waals surface area contributed by atoms with E-state index in [-0.39, 0.29) is 6.42 Å². The van der Waals surface area contributed by atoms with E-state index in [1.165, 1.54) is 7.11 Å². The lowest BCUT2D eigenvalue weighted by atomic mass is 9.77. The van der Waals surface area contributed by atoms with Gasteiger partial charge < -0.3 is 39.9 Å². The Balaban J connectivity index is 1.76. The van der Waals surface area contributed by atoms with E-state index in [1.807, 2.05) is 39.8 Å². The molecule has 1 heterocycles. The summed E-state index contributed by atoms with van der Waals surface area (Å²) in [6.45, 7) is 7.80. The van der Waals surface area contributed by atoms with Crippen LogP contribution >= 0.6 is 22.6 Å². The predicted molar refractivity (Wildman–Crippen MR) is 175 cm³/mol. The molecule has 240 valence electrons. The van der Waals surface area contributed by atoms with Crippen LogP contribution in [-0.4, -0.2) is 88.6 Å². The monoisotopic (exact) mass is 724 g/mol. The van der Waals surface area contributed by atoms with Gasteiger partial charge in [-0.2, -0.15) is 0 Å². The molecular formula is C30H42BIN4O8. The number of hydrogen-bond donors (Lipinski definition) is 3. The molecule has 44 heavy (non-hydrogen) atoms. The number of methoxy groups -OCH3 is 3. The maximum absolute atomic E-state index is 13.3. The number of carbonyl (C=O) groups is 3. The van der Waals surface area contributed by atoms with Crippen molar-refractivity contribution < 1.29 is 37.9 Å². The van der Waals surface area contributed by atoms with Crippen molar-refractivity contribution in [1.82, 2.24) is 15.5 Å². The standard InChI is InChI=1S/C30H42BIN4O8/c1-29(2)30(3,4)44-31(43-29)19-14-17(10-12-22(19)40-7)15-21(28(39)42-9)34-27(38)25(33)35-26(37)24(36(5)6)18-11-13-23(41-8)20(32)16-18/h10-14,16,21,24-25H,15,33H2,1-9H3,(H,34,38)(H,35,37)/t21-,24-,25+/m0/s1. The van der Waals surface area contributed by atoms with E-state index in [0.717, 1.165) is 3.57 Å². The topological polar surface area (TPSA) is 151 Å². The van der Waals surface area contributed by atoms with Gasteiger partial charge in [-0.15, -0.1) is 0 Å². The van der Waals surface area contributed by atoms with Crippen LogP contribution in [0.3, 0.4) is 0 Å². The van der Waals surface area contributed by atoms with Crippen LogP contribution in [0.5, 0.6) is 11.5 Å². The molecule has 4 N–H and O–H groups in total. The smallest absolute Gasteiger partial charge is 0.497 e. The number of esters is 1. The summed E-state index contributed by atoms with van der Waals surface area (Å²) in [4.78, 5) is 40.9. The first kappa shape index (κ1) is 35.6. The molecule has 0 saturated carbocycles. The van der Waals surface area contributed by atoms with Gasteiger partial charge in [-0.05, 0) is 93.7 Å². The van der Waals surface area contributed by atoms with Gasteiger partial charge in [-0.1, -0.05) is 18.2 Å². The highest BCUT2D eigenvalue weighted by Crippen LogP contribution is 2.37. The lowest BCUT2D eigenvalue weighted by Gasteiger charge is -2.32. The van der Waals surface area contributed by atoms with Gasteiger partial charge in [0.2, 0.25) is 5.91 Å². The number of ether oxygens (including phenoxy) is 3. The van der Waals surface area contributed by atoms with Crippen molar-refractivity contribution in [3.05, 3.63) is 51.1 Å². The summed E-state index contributed by atoms with van der Waals surface area (Å²) in [5.74, 6) is -0.690. The van der Waals surface area contributed by atoms with Crippen LogP contribution < -0.4 is 31.3 Å². The Kier molecular flexibility index (Phi) is 11.7. The van der Waals surface area contributed by atoms with Gasteiger partial charge in [-0.3, -0.25) is 14.5 Å². The van der Waals surface area contributed by atoms with Gasteiger partial charge in [0.1, 0.15) is 23.6 Å². The molecule has 1 saturated heterocycles. The molecule has 2 aromatic carbocycles. The van der Waals surface area contributed by atoms with Crippen LogP contribution in [-0.2, 0) is 34.9 Å². The second-order valence-electron chi connectivity index (χ2n) is 11.7. The largest absolute Gasteiger partial charge is 0.498 e. The van der Waals surface area contributed by atoms with E-state index in [9.17, 15) is 14.4 Å². The van der Waals surface area contributed by atoms with E-state index in [1.54, 1.807) is 57.5 Å². The fourth-order valence-corrected chi connectivity index (χ4v) is 5.49. The average molecular weight is 724 g/mol. The number of carbonyl (C=O) groups excluding carboxylic acids is 3. The summed E-state index contributed by atoms with van der Waals surface area (Å²) >= 11 is 2.12. The predicted octanol–water partition coefficient (Wildman–Crippen LogP) is 1.51. The van der Waals surface area contributed by atoms with E-state index < -0.39 is 54.4 Å². The number of nitrogens with one attached hydrogen (secondary N) is 2. The molecule has 0 radical (unpaired) electrons. The summed E-state index contributed by atoms with van der Waals surface area (Å²) in [6, 6.07) is 8.87. The zero-order valence-corrected chi connectivity index (χ0v) is 28.8. The summed E-state index contributed by atoms with van der Waals surface area (Å²) in [5.41, 5.74) is 6.98. The zero-order chi connectivity index (χ0) is 33.0. The van der Waals surface area contributed by atoms with E-state index >= 15 is 0 Å². The normalized spacial score (nSPS) is 17.4. The van der Waals surface area contributed by atoms with E-state index in [4.69, 9.17) is 29.3 Å². The molecule has 2 aromatic rings. The molecule has 3 atom stereocenters.